The SMILES string of the molecule is COc1cccc(C#CC(=O)N(C)CCc2ccc(OC)c(OC)c2)c1. The highest BCUT2D eigenvalue weighted by Gasteiger charge is 2.08. The lowest BCUT2D eigenvalue weighted by molar-refractivity contribution is -0.123. The molecule has 0 spiro atoms. The average Bonchev–Trinajstić information content (AvgIpc) is 2.69. The largest absolute Gasteiger partial charge is 0.497 e. The number of carbonyl (C=O) groups excluding carboxylic acids is 1. The lowest BCUT2D eigenvalue weighted by atomic mass is 10.1. The Morgan fingerprint density at radius 2 is 1.77 bits per heavy atom. The Morgan fingerprint density at radius 3 is 2.46 bits per heavy atom. The van der Waals surface area contributed by atoms with Gasteiger partial charge in [0.05, 0.1) is 21.3 Å². The van der Waals surface area contributed by atoms with Crippen molar-refractivity contribution in [3.8, 4) is 29.1 Å². The zero-order chi connectivity index (χ0) is 18.9. The molecule has 0 heterocycles. The molecule has 2 aromatic carbocycles. The molecule has 2 aromatic rings. The summed E-state index contributed by atoms with van der Waals surface area (Å²) in [6.07, 6.45) is 0.698. The molecule has 0 fully saturated rings. The van der Waals surface area contributed by atoms with E-state index < -0.39 is 0 Å². The maximum absolute atomic E-state index is 12.2. The predicted molar refractivity (Wildman–Crippen MR) is 101 cm³/mol. The molecule has 1 amide bonds. The van der Waals surface area contributed by atoms with Crippen molar-refractivity contribution in [3.63, 3.8) is 0 Å². The monoisotopic (exact) mass is 353 g/mol. The summed E-state index contributed by atoms with van der Waals surface area (Å²) < 4.78 is 15.7. The van der Waals surface area contributed by atoms with Crippen molar-refractivity contribution in [2.45, 2.75) is 6.42 Å². The zero-order valence-corrected chi connectivity index (χ0v) is 15.5. The highest BCUT2D eigenvalue weighted by atomic mass is 16.5. The van der Waals surface area contributed by atoms with E-state index in [1.54, 1.807) is 39.3 Å². The van der Waals surface area contributed by atoms with Gasteiger partial charge in [-0.25, -0.2) is 0 Å². The van der Waals surface area contributed by atoms with Crippen LogP contribution in [0, 0.1) is 11.8 Å². The van der Waals surface area contributed by atoms with Gasteiger partial charge in [-0.05, 0) is 42.3 Å². The van der Waals surface area contributed by atoms with Gasteiger partial charge < -0.3 is 19.1 Å². The van der Waals surface area contributed by atoms with Crippen LogP contribution in [-0.2, 0) is 11.2 Å². The van der Waals surface area contributed by atoms with E-state index >= 15 is 0 Å². The normalized spacial score (nSPS) is 9.69. The number of amides is 1. The third-order valence-electron chi connectivity index (χ3n) is 3.91. The number of likely N-dealkylation sites (N-methyl/N-ethyl adjacent to an activating group) is 1. The number of hydrogen-bond acceptors (Lipinski definition) is 4. The Labute approximate surface area is 154 Å². The Kier molecular flexibility index (Phi) is 6.92. The van der Waals surface area contributed by atoms with Crippen LogP contribution in [0.4, 0.5) is 0 Å². The first-order valence-electron chi connectivity index (χ1n) is 8.19. The molecule has 136 valence electrons. The molecule has 5 nitrogen and oxygen atoms in total. The number of benzene rings is 2. The van der Waals surface area contributed by atoms with E-state index in [0.29, 0.717) is 30.2 Å². The second kappa shape index (κ2) is 9.38. The molecule has 0 radical (unpaired) electrons. The fourth-order valence-corrected chi connectivity index (χ4v) is 2.36. The molecular formula is C21H23NO4. The number of methoxy groups -OCH3 is 3. The van der Waals surface area contributed by atoms with Crippen LogP contribution in [0.5, 0.6) is 17.2 Å². The van der Waals surface area contributed by atoms with Gasteiger partial charge in [0.15, 0.2) is 11.5 Å². The Morgan fingerprint density at radius 1 is 1.00 bits per heavy atom. The van der Waals surface area contributed by atoms with Crippen molar-refractivity contribution in [1.82, 2.24) is 4.90 Å². The first kappa shape index (κ1) is 19.2. The molecule has 2 rings (SSSR count). The maximum atomic E-state index is 12.2. The third kappa shape index (κ3) is 5.18. The quantitative estimate of drug-likeness (QED) is 0.750. The fourth-order valence-electron chi connectivity index (χ4n) is 2.36. The van der Waals surface area contributed by atoms with E-state index in [1.807, 2.05) is 36.4 Å². The van der Waals surface area contributed by atoms with Crippen LogP contribution in [0.2, 0.25) is 0 Å². The minimum absolute atomic E-state index is 0.228. The van der Waals surface area contributed by atoms with Gasteiger partial charge in [-0.3, -0.25) is 4.79 Å². The van der Waals surface area contributed by atoms with Gasteiger partial charge in [-0.2, -0.15) is 0 Å². The summed E-state index contributed by atoms with van der Waals surface area (Å²) in [7, 11) is 6.54. The maximum Gasteiger partial charge on any atom is 0.298 e. The predicted octanol–water partition coefficient (Wildman–Crippen LogP) is 2.77. The van der Waals surface area contributed by atoms with Crippen molar-refractivity contribution < 1.29 is 19.0 Å². The highest BCUT2D eigenvalue weighted by molar-refractivity contribution is 5.93. The van der Waals surface area contributed by atoms with Gasteiger partial charge in [-0.15, -0.1) is 0 Å². The number of rotatable bonds is 6. The summed E-state index contributed by atoms with van der Waals surface area (Å²) in [6, 6.07) is 13.0. The first-order chi connectivity index (χ1) is 12.6. The molecule has 0 atom stereocenters. The number of hydrogen-bond donors (Lipinski definition) is 0. The zero-order valence-electron chi connectivity index (χ0n) is 15.5. The summed E-state index contributed by atoms with van der Waals surface area (Å²) in [4.78, 5) is 13.8. The second-order valence-corrected chi connectivity index (χ2v) is 5.65. The Balaban J connectivity index is 1.96. The smallest absolute Gasteiger partial charge is 0.298 e. The highest BCUT2D eigenvalue weighted by Crippen LogP contribution is 2.27. The molecule has 0 aliphatic carbocycles. The topological polar surface area (TPSA) is 48.0 Å². The van der Waals surface area contributed by atoms with Crippen LogP contribution < -0.4 is 14.2 Å². The molecule has 0 saturated heterocycles. The standard InChI is InChI=1S/C21H23NO4/c1-22(13-12-17-8-10-19(25-3)20(15-17)26-4)21(23)11-9-16-6-5-7-18(14-16)24-2/h5-8,10,14-15H,12-13H2,1-4H3. The molecule has 0 N–H and O–H groups in total. The fraction of sp³-hybridized carbons (Fsp3) is 0.286. The van der Waals surface area contributed by atoms with Gasteiger partial charge in [0.25, 0.3) is 5.91 Å². The van der Waals surface area contributed by atoms with Crippen molar-refractivity contribution >= 4 is 5.91 Å². The Bertz CT molecular complexity index is 820. The molecule has 0 aromatic heterocycles. The van der Waals surface area contributed by atoms with Crippen LogP contribution in [0.15, 0.2) is 42.5 Å². The molecule has 0 aliphatic heterocycles. The van der Waals surface area contributed by atoms with Crippen molar-refractivity contribution in [2.24, 2.45) is 0 Å². The molecule has 0 unspecified atom stereocenters. The van der Waals surface area contributed by atoms with Crippen molar-refractivity contribution in [3.05, 3.63) is 53.6 Å². The van der Waals surface area contributed by atoms with Gasteiger partial charge >= 0.3 is 0 Å². The molecule has 0 bridgehead atoms. The third-order valence-corrected chi connectivity index (χ3v) is 3.91. The summed E-state index contributed by atoms with van der Waals surface area (Å²) in [5.74, 6) is 7.39. The molecular weight excluding hydrogens is 330 g/mol. The van der Waals surface area contributed by atoms with Gasteiger partial charge in [-0.1, -0.05) is 18.1 Å². The van der Waals surface area contributed by atoms with E-state index in [9.17, 15) is 4.79 Å². The van der Waals surface area contributed by atoms with Gasteiger partial charge in [0.2, 0.25) is 0 Å². The average molecular weight is 353 g/mol. The van der Waals surface area contributed by atoms with E-state index in [1.165, 1.54) is 0 Å². The second-order valence-electron chi connectivity index (χ2n) is 5.65. The minimum Gasteiger partial charge on any atom is -0.497 e. The van der Waals surface area contributed by atoms with Crippen LogP contribution in [-0.4, -0.2) is 45.7 Å². The first-order valence-corrected chi connectivity index (χ1v) is 8.19. The van der Waals surface area contributed by atoms with Crippen LogP contribution in [0.1, 0.15) is 11.1 Å². The lowest BCUT2D eigenvalue weighted by Gasteiger charge is -2.14. The van der Waals surface area contributed by atoms with E-state index in [-0.39, 0.29) is 5.91 Å². The lowest BCUT2D eigenvalue weighted by Crippen LogP contribution is -2.27. The van der Waals surface area contributed by atoms with Gasteiger partial charge in [0, 0.05) is 25.1 Å². The molecule has 0 saturated carbocycles. The van der Waals surface area contributed by atoms with Gasteiger partial charge in [0.1, 0.15) is 5.75 Å². The number of carbonyl (C=O) groups is 1. The van der Waals surface area contributed by atoms with Crippen molar-refractivity contribution in [1.29, 1.82) is 0 Å². The van der Waals surface area contributed by atoms with Crippen LogP contribution in [0.25, 0.3) is 0 Å². The number of nitrogens with zero attached hydrogens (tertiary/aromatic N) is 1. The number of ether oxygens (including phenoxy) is 3. The van der Waals surface area contributed by atoms with Crippen molar-refractivity contribution in [2.75, 3.05) is 34.9 Å². The van der Waals surface area contributed by atoms with Crippen LogP contribution >= 0.6 is 0 Å². The summed E-state index contributed by atoms with van der Waals surface area (Å²) in [5, 5.41) is 0. The van der Waals surface area contributed by atoms with E-state index in [4.69, 9.17) is 14.2 Å². The summed E-state index contributed by atoms with van der Waals surface area (Å²) in [6.45, 7) is 0.557. The molecule has 26 heavy (non-hydrogen) atoms. The Hall–Kier alpha value is -3.13. The summed E-state index contributed by atoms with van der Waals surface area (Å²) >= 11 is 0. The molecule has 5 heteroatoms. The van der Waals surface area contributed by atoms with E-state index in [2.05, 4.69) is 11.8 Å². The summed E-state index contributed by atoms with van der Waals surface area (Å²) in [5.41, 5.74) is 1.80. The van der Waals surface area contributed by atoms with E-state index in [0.717, 1.165) is 11.1 Å². The van der Waals surface area contributed by atoms with Crippen LogP contribution in [0.3, 0.4) is 0 Å². The minimum atomic E-state index is -0.228. The molecule has 0 aliphatic rings.